The fourth-order valence-corrected chi connectivity index (χ4v) is 3.93. The third-order valence-corrected chi connectivity index (χ3v) is 5.70. The first-order chi connectivity index (χ1) is 14.7. The van der Waals surface area contributed by atoms with Crippen LogP contribution in [-0.2, 0) is 6.54 Å². The molecule has 8 heteroatoms. The van der Waals surface area contributed by atoms with Crippen molar-refractivity contribution in [3.8, 4) is 5.75 Å². The fraction of sp³-hybridized carbons (Fsp3) is 0.409. The van der Waals surface area contributed by atoms with Crippen LogP contribution < -0.4 is 4.74 Å². The highest BCUT2D eigenvalue weighted by molar-refractivity contribution is 5.28. The number of halogens is 1. The van der Waals surface area contributed by atoms with E-state index in [4.69, 9.17) is 4.74 Å². The Hall–Kier alpha value is -2.84. The van der Waals surface area contributed by atoms with Crippen LogP contribution in [0.4, 0.5) is 4.39 Å². The molecule has 0 unspecified atom stereocenters. The molecule has 3 aromatic rings. The molecule has 1 aliphatic rings. The molecule has 1 aromatic heterocycles. The van der Waals surface area contributed by atoms with E-state index in [1.54, 1.807) is 7.11 Å². The molecule has 1 saturated heterocycles. The van der Waals surface area contributed by atoms with Crippen LogP contribution in [0.1, 0.15) is 29.9 Å². The maximum absolute atomic E-state index is 13.6. The van der Waals surface area contributed by atoms with E-state index in [2.05, 4.69) is 32.2 Å². The molecule has 1 fully saturated rings. The van der Waals surface area contributed by atoms with Gasteiger partial charge in [0, 0.05) is 26.2 Å². The highest BCUT2D eigenvalue weighted by Crippen LogP contribution is 2.28. The largest absolute Gasteiger partial charge is 0.497 e. The number of aromatic nitrogens is 4. The standard InChI is InChI=1S/C22H27FN6O/c1-3-27-12-14-28(15-13-27)21(18-6-8-19(23)9-7-18)22-24-25-26-29(22)16-17-4-10-20(30-2)11-5-17/h4-11,21H,3,12-16H2,1-2H3/t21-/m1/s1. The number of ether oxygens (including phenoxy) is 1. The van der Waals surface area contributed by atoms with Gasteiger partial charge in [-0.15, -0.1) is 5.10 Å². The van der Waals surface area contributed by atoms with Crippen LogP contribution in [0, 0.1) is 5.82 Å². The molecule has 1 aliphatic heterocycles. The van der Waals surface area contributed by atoms with E-state index in [9.17, 15) is 4.39 Å². The van der Waals surface area contributed by atoms with Crippen molar-refractivity contribution in [3.05, 3.63) is 71.3 Å². The molecule has 0 spiro atoms. The predicted octanol–water partition coefficient (Wildman–Crippen LogP) is 2.60. The first-order valence-electron chi connectivity index (χ1n) is 10.3. The van der Waals surface area contributed by atoms with Gasteiger partial charge in [-0.05, 0) is 52.4 Å². The summed E-state index contributed by atoms with van der Waals surface area (Å²) in [7, 11) is 1.65. The summed E-state index contributed by atoms with van der Waals surface area (Å²) in [6, 6.07) is 14.4. The van der Waals surface area contributed by atoms with Crippen LogP contribution in [0.5, 0.6) is 5.75 Å². The van der Waals surface area contributed by atoms with Crippen LogP contribution >= 0.6 is 0 Å². The first-order valence-corrected chi connectivity index (χ1v) is 10.3. The summed E-state index contributed by atoms with van der Waals surface area (Å²) >= 11 is 0. The van der Waals surface area contributed by atoms with Gasteiger partial charge in [-0.2, -0.15) is 0 Å². The van der Waals surface area contributed by atoms with E-state index in [0.717, 1.165) is 55.4 Å². The molecule has 4 rings (SSSR count). The molecule has 0 aliphatic carbocycles. The van der Waals surface area contributed by atoms with Gasteiger partial charge < -0.3 is 9.64 Å². The average molecular weight is 410 g/mol. The summed E-state index contributed by atoms with van der Waals surface area (Å²) < 4.78 is 20.7. The Balaban J connectivity index is 1.64. The van der Waals surface area contributed by atoms with Crippen molar-refractivity contribution in [2.45, 2.75) is 19.5 Å². The number of hydrogen-bond acceptors (Lipinski definition) is 6. The number of methoxy groups -OCH3 is 1. The Labute approximate surface area is 176 Å². The highest BCUT2D eigenvalue weighted by atomic mass is 19.1. The van der Waals surface area contributed by atoms with Gasteiger partial charge in [-0.1, -0.05) is 31.2 Å². The summed E-state index contributed by atoms with van der Waals surface area (Å²) in [6.07, 6.45) is 0. The van der Waals surface area contributed by atoms with E-state index >= 15 is 0 Å². The van der Waals surface area contributed by atoms with Gasteiger partial charge in [0.15, 0.2) is 5.82 Å². The van der Waals surface area contributed by atoms with Crippen molar-refractivity contribution in [3.63, 3.8) is 0 Å². The molecule has 0 amide bonds. The summed E-state index contributed by atoms with van der Waals surface area (Å²) in [6.45, 7) is 7.59. The zero-order valence-electron chi connectivity index (χ0n) is 17.4. The zero-order chi connectivity index (χ0) is 20.9. The molecule has 158 valence electrons. The number of likely N-dealkylation sites (N-methyl/N-ethyl adjacent to an activating group) is 1. The lowest BCUT2D eigenvalue weighted by atomic mass is 10.0. The number of nitrogens with zero attached hydrogens (tertiary/aromatic N) is 6. The van der Waals surface area contributed by atoms with Crippen molar-refractivity contribution in [2.24, 2.45) is 0 Å². The monoisotopic (exact) mass is 410 g/mol. The second-order valence-corrected chi connectivity index (χ2v) is 7.47. The van der Waals surface area contributed by atoms with Crippen molar-refractivity contribution in [1.29, 1.82) is 0 Å². The normalized spacial score (nSPS) is 16.5. The molecular formula is C22H27FN6O. The molecular weight excluding hydrogens is 383 g/mol. The maximum Gasteiger partial charge on any atom is 0.173 e. The van der Waals surface area contributed by atoms with E-state index in [1.807, 2.05) is 41.1 Å². The fourth-order valence-electron chi connectivity index (χ4n) is 3.93. The lowest BCUT2D eigenvalue weighted by Gasteiger charge is -2.38. The quantitative estimate of drug-likeness (QED) is 0.597. The Morgan fingerprint density at radius 2 is 1.70 bits per heavy atom. The Kier molecular flexibility index (Phi) is 6.35. The van der Waals surface area contributed by atoms with Gasteiger partial charge in [-0.25, -0.2) is 9.07 Å². The number of rotatable bonds is 7. The number of piperazine rings is 1. The topological polar surface area (TPSA) is 59.3 Å². The van der Waals surface area contributed by atoms with Gasteiger partial charge >= 0.3 is 0 Å². The van der Waals surface area contributed by atoms with E-state index in [-0.39, 0.29) is 11.9 Å². The summed E-state index contributed by atoms with van der Waals surface area (Å²) in [5, 5.41) is 12.6. The second-order valence-electron chi connectivity index (χ2n) is 7.47. The molecule has 2 aromatic carbocycles. The van der Waals surface area contributed by atoms with Crippen molar-refractivity contribution in [1.82, 2.24) is 30.0 Å². The van der Waals surface area contributed by atoms with Gasteiger partial charge in [0.2, 0.25) is 0 Å². The van der Waals surface area contributed by atoms with Crippen LogP contribution in [0.25, 0.3) is 0 Å². The van der Waals surface area contributed by atoms with Gasteiger partial charge in [-0.3, -0.25) is 4.90 Å². The first kappa shape index (κ1) is 20.4. The van der Waals surface area contributed by atoms with Gasteiger partial charge in [0.05, 0.1) is 19.7 Å². The van der Waals surface area contributed by atoms with Gasteiger partial charge in [0.1, 0.15) is 11.6 Å². The van der Waals surface area contributed by atoms with Crippen LogP contribution in [-0.4, -0.2) is 69.8 Å². The van der Waals surface area contributed by atoms with E-state index in [1.165, 1.54) is 12.1 Å². The Morgan fingerprint density at radius 1 is 1.00 bits per heavy atom. The minimum absolute atomic E-state index is 0.127. The van der Waals surface area contributed by atoms with E-state index in [0.29, 0.717) is 6.54 Å². The molecule has 0 radical (unpaired) electrons. The van der Waals surface area contributed by atoms with Crippen molar-refractivity contribution < 1.29 is 9.13 Å². The SMILES string of the molecule is CCN1CCN([C@H](c2ccc(F)cc2)c2nnnn2Cc2ccc(OC)cc2)CC1. The number of tetrazole rings is 1. The third kappa shape index (κ3) is 4.49. The summed E-state index contributed by atoms with van der Waals surface area (Å²) in [5.41, 5.74) is 2.07. The third-order valence-electron chi connectivity index (χ3n) is 5.70. The smallest absolute Gasteiger partial charge is 0.173 e. The maximum atomic E-state index is 13.6. The van der Waals surface area contributed by atoms with Gasteiger partial charge in [0.25, 0.3) is 0 Å². The molecule has 1 atom stereocenters. The van der Waals surface area contributed by atoms with Crippen LogP contribution in [0.3, 0.4) is 0 Å². The van der Waals surface area contributed by atoms with Crippen molar-refractivity contribution in [2.75, 3.05) is 39.8 Å². The molecule has 7 nitrogen and oxygen atoms in total. The lowest BCUT2D eigenvalue weighted by molar-refractivity contribution is 0.108. The van der Waals surface area contributed by atoms with E-state index < -0.39 is 0 Å². The highest BCUT2D eigenvalue weighted by Gasteiger charge is 2.30. The zero-order valence-corrected chi connectivity index (χ0v) is 17.4. The number of benzene rings is 2. The number of hydrogen-bond donors (Lipinski definition) is 0. The molecule has 0 N–H and O–H groups in total. The van der Waals surface area contributed by atoms with Crippen molar-refractivity contribution >= 4 is 0 Å². The second kappa shape index (κ2) is 9.32. The van der Waals surface area contributed by atoms with Crippen LogP contribution in [0.15, 0.2) is 48.5 Å². The Bertz CT molecular complexity index is 935. The minimum Gasteiger partial charge on any atom is -0.497 e. The molecule has 30 heavy (non-hydrogen) atoms. The molecule has 0 bridgehead atoms. The molecule has 2 heterocycles. The van der Waals surface area contributed by atoms with Crippen LogP contribution in [0.2, 0.25) is 0 Å². The lowest BCUT2D eigenvalue weighted by Crippen LogP contribution is -2.48. The Morgan fingerprint density at radius 3 is 2.33 bits per heavy atom. The average Bonchev–Trinajstić information content (AvgIpc) is 3.24. The molecule has 0 saturated carbocycles. The summed E-state index contributed by atoms with van der Waals surface area (Å²) in [5.74, 6) is 1.34. The minimum atomic E-state index is -0.244. The summed E-state index contributed by atoms with van der Waals surface area (Å²) in [4.78, 5) is 4.81. The predicted molar refractivity (Wildman–Crippen MR) is 112 cm³/mol.